The third-order valence-corrected chi connectivity index (χ3v) is 2.89. The number of ketones is 1. The fourth-order valence-corrected chi connectivity index (χ4v) is 1.83. The number of benzene rings is 1. The van der Waals surface area contributed by atoms with Gasteiger partial charge >= 0.3 is 0 Å². The molecule has 0 saturated carbocycles. The van der Waals surface area contributed by atoms with Crippen LogP contribution in [0.1, 0.15) is 15.9 Å². The number of carbonyl (C=O) groups is 1. The molecular weight excluding hydrogens is 247 g/mol. The molecule has 0 atom stereocenters. The first-order valence-electron chi connectivity index (χ1n) is 4.68. The fraction of sp³-hybridized carbons (Fsp3) is 0.0833. The standard InChI is InChI=1S/C12H8Cl2O2/c13-10-4-2-1-3-8(10)7-11(15)9-5-6-16-12(9)14/h1-6H,7H2. The zero-order valence-electron chi connectivity index (χ0n) is 8.24. The third kappa shape index (κ3) is 2.29. The monoisotopic (exact) mass is 254 g/mol. The van der Waals surface area contributed by atoms with E-state index >= 15 is 0 Å². The third-order valence-electron chi connectivity index (χ3n) is 2.23. The summed E-state index contributed by atoms with van der Waals surface area (Å²) in [5, 5.41) is 0.701. The van der Waals surface area contributed by atoms with E-state index in [1.807, 2.05) is 18.2 Å². The Bertz CT molecular complexity index is 517. The van der Waals surface area contributed by atoms with Crippen LogP contribution in [0.15, 0.2) is 41.0 Å². The number of hydrogen-bond donors (Lipinski definition) is 0. The van der Waals surface area contributed by atoms with Crippen LogP contribution in [0.25, 0.3) is 0 Å². The molecule has 0 amide bonds. The lowest BCUT2D eigenvalue weighted by atomic mass is 10.1. The van der Waals surface area contributed by atoms with E-state index in [0.717, 1.165) is 5.56 Å². The van der Waals surface area contributed by atoms with Gasteiger partial charge in [0.2, 0.25) is 5.22 Å². The number of Topliss-reactive ketones (excluding diaryl/α,β-unsaturated/α-hetero) is 1. The highest BCUT2D eigenvalue weighted by molar-refractivity contribution is 6.33. The molecule has 0 aliphatic carbocycles. The van der Waals surface area contributed by atoms with Crippen molar-refractivity contribution in [3.63, 3.8) is 0 Å². The van der Waals surface area contributed by atoms with Gasteiger partial charge in [0.1, 0.15) is 0 Å². The van der Waals surface area contributed by atoms with E-state index in [4.69, 9.17) is 27.6 Å². The molecule has 0 radical (unpaired) electrons. The zero-order valence-corrected chi connectivity index (χ0v) is 9.76. The molecule has 2 aromatic rings. The average molecular weight is 255 g/mol. The fourth-order valence-electron chi connectivity index (χ4n) is 1.40. The van der Waals surface area contributed by atoms with Crippen LogP contribution >= 0.6 is 23.2 Å². The molecule has 0 spiro atoms. The first-order valence-corrected chi connectivity index (χ1v) is 5.43. The van der Waals surface area contributed by atoms with E-state index in [-0.39, 0.29) is 17.4 Å². The van der Waals surface area contributed by atoms with E-state index in [0.29, 0.717) is 10.6 Å². The summed E-state index contributed by atoms with van der Waals surface area (Å²) in [6, 6.07) is 8.78. The normalized spacial score (nSPS) is 10.4. The van der Waals surface area contributed by atoms with Crippen molar-refractivity contribution >= 4 is 29.0 Å². The minimum absolute atomic E-state index is 0.105. The topological polar surface area (TPSA) is 30.2 Å². The van der Waals surface area contributed by atoms with Gasteiger partial charge in [0.15, 0.2) is 5.78 Å². The van der Waals surface area contributed by atoms with E-state index in [1.54, 1.807) is 12.1 Å². The maximum Gasteiger partial charge on any atom is 0.203 e. The van der Waals surface area contributed by atoms with Gasteiger partial charge in [0, 0.05) is 11.4 Å². The number of rotatable bonds is 3. The summed E-state index contributed by atoms with van der Waals surface area (Å²) >= 11 is 11.7. The molecule has 16 heavy (non-hydrogen) atoms. The molecule has 0 aliphatic heterocycles. The van der Waals surface area contributed by atoms with Gasteiger partial charge in [-0.15, -0.1) is 0 Å². The molecule has 0 saturated heterocycles. The van der Waals surface area contributed by atoms with Crippen LogP contribution in [0.3, 0.4) is 0 Å². The molecule has 0 fully saturated rings. The van der Waals surface area contributed by atoms with Gasteiger partial charge in [-0.1, -0.05) is 29.8 Å². The van der Waals surface area contributed by atoms with Gasteiger partial charge in [-0.25, -0.2) is 0 Å². The zero-order chi connectivity index (χ0) is 11.5. The van der Waals surface area contributed by atoms with Crippen LogP contribution in [-0.2, 0) is 6.42 Å². The number of furan rings is 1. The van der Waals surface area contributed by atoms with E-state index in [1.165, 1.54) is 6.26 Å². The predicted molar refractivity (Wildman–Crippen MR) is 63.2 cm³/mol. The molecular formula is C12H8Cl2O2. The number of halogens is 2. The van der Waals surface area contributed by atoms with E-state index in [9.17, 15) is 4.79 Å². The quantitative estimate of drug-likeness (QED) is 0.775. The molecule has 1 aromatic carbocycles. The van der Waals surface area contributed by atoms with Gasteiger partial charge in [-0.3, -0.25) is 4.79 Å². The van der Waals surface area contributed by atoms with Crippen molar-refractivity contribution < 1.29 is 9.21 Å². The Morgan fingerprint density at radius 3 is 2.56 bits per heavy atom. The Morgan fingerprint density at radius 2 is 1.94 bits per heavy atom. The molecule has 0 N–H and O–H groups in total. The van der Waals surface area contributed by atoms with Gasteiger partial charge < -0.3 is 4.42 Å². The van der Waals surface area contributed by atoms with Crippen LogP contribution in [0.4, 0.5) is 0 Å². The lowest BCUT2D eigenvalue weighted by Gasteiger charge is -2.01. The lowest BCUT2D eigenvalue weighted by molar-refractivity contribution is 0.0992. The summed E-state index contributed by atoms with van der Waals surface area (Å²) in [7, 11) is 0. The van der Waals surface area contributed by atoms with Gasteiger partial charge in [-0.2, -0.15) is 0 Å². The molecule has 0 unspecified atom stereocenters. The largest absolute Gasteiger partial charge is 0.452 e. The van der Waals surface area contributed by atoms with Crippen molar-refractivity contribution in [3.8, 4) is 0 Å². The molecule has 1 aromatic heterocycles. The lowest BCUT2D eigenvalue weighted by Crippen LogP contribution is -2.03. The molecule has 4 heteroatoms. The predicted octanol–water partition coefficient (Wildman–Crippen LogP) is 4.01. The van der Waals surface area contributed by atoms with Crippen molar-refractivity contribution in [1.82, 2.24) is 0 Å². The first-order chi connectivity index (χ1) is 7.68. The Morgan fingerprint density at radius 1 is 1.19 bits per heavy atom. The molecule has 0 bridgehead atoms. The van der Waals surface area contributed by atoms with Gasteiger partial charge in [0.05, 0.1) is 11.8 Å². The van der Waals surface area contributed by atoms with E-state index < -0.39 is 0 Å². The second kappa shape index (κ2) is 4.73. The minimum Gasteiger partial charge on any atom is -0.452 e. The van der Waals surface area contributed by atoms with Crippen molar-refractivity contribution in [2.24, 2.45) is 0 Å². The van der Waals surface area contributed by atoms with Crippen molar-refractivity contribution in [2.75, 3.05) is 0 Å². The van der Waals surface area contributed by atoms with Crippen molar-refractivity contribution in [2.45, 2.75) is 6.42 Å². The first kappa shape index (κ1) is 11.2. The summed E-state index contributed by atoms with van der Waals surface area (Å²) in [6.07, 6.45) is 1.61. The highest BCUT2D eigenvalue weighted by Gasteiger charge is 2.14. The maximum atomic E-state index is 11.8. The van der Waals surface area contributed by atoms with Crippen molar-refractivity contribution in [3.05, 3.63) is 58.0 Å². The minimum atomic E-state index is -0.105. The van der Waals surface area contributed by atoms with Crippen LogP contribution in [0.2, 0.25) is 10.2 Å². The Balaban J connectivity index is 2.21. The summed E-state index contributed by atoms with van der Waals surface area (Å²) in [4.78, 5) is 11.8. The molecule has 82 valence electrons. The second-order valence-corrected chi connectivity index (χ2v) is 4.05. The Kier molecular flexibility index (Phi) is 3.32. The molecule has 2 rings (SSSR count). The summed E-state index contributed by atoms with van der Waals surface area (Å²) in [6.45, 7) is 0. The SMILES string of the molecule is O=C(Cc1ccccc1Cl)c1ccoc1Cl. The highest BCUT2D eigenvalue weighted by atomic mass is 35.5. The summed E-state index contributed by atoms with van der Waals surface area (Å²) in [5.41, 5.74) is 1.17. The summed E-state index contributed by atoms with van der Waals surface area (Å²) < 4.78 is 4.87. The molecule has 0 aliphatic rings. The molecule has 2 nitrogen and oxygen atoms in total. The molecule has 1 heterocycles. The van der Waals surface area contributed by atoms with Crippen LogP contribution < -0.4 is 0 Å². The Labute approximate surface area is 103 Å². The van der Waals surface area contributed by atoms with Crippen LogP contribution in [0.5, 0.6) is 0 Å². The van der Waals surface area contributed by atoms with E-state index in [2.05, 4.69) is 0 Å². The van der Waals surface area contributed by atoms with Gasteiger partial charge in [-0.05, 0) is 29.3 Å². The smallest absolute Gasteiger partial charge is 0.203 e. The average Bonchev–Trinajstić information content (AvgIpc) is 2.68. The number of hydrogen-bond acceptors (Lipinski definition) is 2. The second-order valence-electron chi connectivity index (χ2n) is 3.30. The highest BCUT2D eigenvalue weighted by Crippen LogP contribution is 2.21. The Hall–Kier alpha value is -1.25. The van der Waals surface area contributed by atoms with Crippen LogP contribution in [-0.4, -0.2) is 5.78 Å². The summed E-state index contributed by atoms with van der Waals surface area (Å²) in [5.74, 6) is -0.105. The van der Waals surface area contributed by atoms with Gasteiger partial charge in [0.25, 0.3) is 0 Å². The maximum absolute atomic E-state index is 11.8. The van der Waals surface area contributed by atoms with Crippen LogP contribution in [0, 0.1) is 0 Å². The van der Waals surface area contributed by atoms with Crippen molar-refractivity contribution in [1.29, 1.82) is 0 Å². The number of carbonyl (C=O) groups excluding carboxylic acids is 1.